The summed E-state index contributed by atoms with van der Waals surface area (Å²) in [5, 5.41) is 17.7. The topological polar surface area (TPSA) is 87.1 Å². The predicted molar refractivity (Wildman–Crippen MR) is 75.7 cm³/mol. The van der Waals surface area contributed by atoms with E-state index in [1.54, 1.807) is 0 Å². The second-order valence-electron chi connectivity index (χ2n) is 6.01. The quantitative estimate of drug-likeness (QED) is 0.787. The fraction of sp³-hybridized carbons (Fsp3) is 0.867. The molecule has 1 saturated carbocycles. The van der Waals surface area contributed by atoms with E-state index in [-0.39, 0.29) is 30.5 Å². The number of hydrogen-bond donors (Lipinski definition) is 2. The zero-order chi connectivity index (χ0) is 15.2. The molecule has 0 aromatic rings. The molecule has 1 heterocycles. The lowest BCUT2D eigenvalue weighted by Gasteiger charge is -2.35. The molecule has 1 aliphatic heterocycles. The maximum Gasteiger partial charge on any atom is 0.306 e. The first-order chi connectivity index (χ1) is 10.1. The summed E-state index contributed by atoms with van der Waals surface area (Å²) < 4.78 is 5.49. The Hall–Kier alpha value is -1.14. The fourth-order valence-electron chi connectivity index (χ4n) is 3.31. The first-order valence-corrected chi connectivity index (χ1v) is 7.86. The number of carboxylic acids is 1. The van der Waals surface area contributed by atoms with Crippen molar-refractivity contribution in [2.45, 2.75) is 44.6 Å². The van der Waals surface area contributed by atoms with Gasteiger partial charge in [-0.1, -0.05) is 0 Å². The molecule has 120 valence electrons. The number of aliphatic hydroxyl groups is 1. The van der Waals surface area contributed by atoms with Gasteiger partial charge in [0.2, 0.25) is 5.91 Å². The van der Waals surface area contributed by atoms with Crippen molar-refractivity contribution in [1.29, 1.82) is 0 Å². The Balaban J connectivity index is 1.74. The van der Waals surface area contributed by atoms with Crippen LogP contribution in [-0.2, 0) is 14.3 Å². The minimum Gasteiger partial charge on any atom is -0.481 e. The van der Waals surface area contributed by atoms with E-state index in [4.69, 9.17) is 14.9 Å². The van der Waals surface area contributed by atoms with Crippen LogP contribution in [0.5, 0.6) is 0 Å². The van der Waals surface area contributed by atoms with Crippen molar-refractivity contribution < 1.29 is 24.5 Å². The average Bonchev–Trinajstić information content (AvgIpc) is 2.53. The summed E-state index contributed by atoms with van der Waals surface area (Å²) in [5.41, 5.74) is 0. The van der Waals surface area contributed by atoms with Crippen molar-refractivity contribution in [3.63, 3.8) is 0 Å². The van der Waals surface area contributed by atoms with Gasteiger partial charge in [0.25, 0.3) is 0 Å². The van der Waals surface area contributed by atoms with Crippen LogP contribution >= 0.6 is 0 Å². The molecule has 0 atom stereocenters. The minimum atomic E-state index is -0.734. The van der Waals surface area contributed by atoms with Crippen molar-refractivity contribution in [2.75, 3.05) is 26.3 Å². The number of aliphatic hydroxyl groups excluding tert-OH is 1. The standard InChI is InChI=1S/C15H25NO5/c17-9-10-21-13-5-7-16(8-6-13)14(18)11-1-3-12(4-2-11)15(19)20/h11-13,17H,1-10H2,(H,19,20). The summed E-state index contributed by atoms with van der Waals surface area (Å²) >= 11 is 0. The number of rotatable bonds is 5. The van der Waals surface area contributed by atoms with Crippen molar-refractivity contribution in [2.24, 2.45) is 11.8 Å². The molecule has 2 fully saturated rings. The van der Waals surface area contributed by atoms with E-state index in [9.17, 15) is 9.59 Å². The van der Waals surface area contributed by atoms with Gasteiger partial charge in [0.05, 0.1) is 25.2 Å². The molecule has 6 nitrogen and oxygen atoms in total. The van der Waals surface area contributed by atoms with Gasteiger partial charge in [0.1, 0.15) is 0 Å². The third-order valence-corrected chi connectivity index (χ3v) is 4.62. The maximum absolute atomic E-state index is 12.4. The summed E-state index contributed by atoms with van der Waals surface area (Å²) in [7, 11) is 0. The van der Waals surface area contributed by atoms with E-state index in [0.717, 1.165) is 12.8 Å². The number of carbonyl (C=O) groups excluding carboxylic acids is 1. The van der Waals surface area contributed by atoms with E-state index in [1.807, 2.05) is 4.90 Å². The van der Waals surface area contributed by atoms with E-state index >= 15 is 0 Å². The van der Waals surface area contributed by atoms with Crippen LogP contribution in [0.4, 0.5) is 0 Å². The van der Waals surface area contributed by atoms with Gasteiger partial charge in [-0.15, -0.1) is 0 Å². The Morgan fingerprint density at radius 3 is 2.10 bits per heavy atom. The minimum absolute atomic E-state index is 0.00416. The number of likely N-dealkylation sites (tertiary alicyclic amines) is 1. The summed E-state index contributed by atoms with van der Waals surface area (Å²) in [6.07, 6.45) is 4.38. The molecular formula is C15H25NO5. The zero-order valence-electron chi connectivity index (χ0n) is 12.4. The Morgan fingerprint density at radius 1 is 1.00 bits per heavy atom. The first-order valence-electron chi connectivity index (χ1n) is 7.86. The first kappa shape index (κ1) is 16.2. The molecular weight excluding hydrogens is 274 g/mol. The molecule has 1 saturated heterocycles. The van der Waals surface area contributed by atoms with Crippen LogP contribution in [0.15, 0.2) is 0 Å². The van der Waals surface area contributed by atoms with Gasteiger partial charge in [-0.3, -0.25) is 9.59 Å². The number of ether oxygens (including phenoxy) is 1. The van der Waals surface area contributed by atoms with Crippen molar-refractivity contribution in [3.8, 4) is 0 Å². The molecule has 6 heteroatoms. The number of carbonyl (C=O) groups is 2. The van der Waals surface area contributed by atoms with Crippen LogP contribution in [0.1, 0.15) is 38.5 Å². The molecule has 0 spiro atoms. The number of hydrogen-bond acceptors (Lipinski definition) is 4. The highest BCUT2D eigenvalue weighted by atomic mass is 16.5. The normalized spacial score (nSPS) is 27.6. The van der Waals surface area contributed by atoms with E-state index in [0.29, 0.717) is 45.4 Å². The number of amides is 1. The van der Waals surface area contributed by atoms with Crippen molar-refractivity contribution >= 4 is 11.9 Å². The highest BCUT2D eigenvalue weighted by molar-refractivity contribution is 5.79. The van der Waals surface area contributed by atoms with E-state index in [1.165, 1.54) is 0 Å². The molecule has 0 radical (unpaired) electrons. The molecule has 1 amide bonds. The largest absolute Gasteiger partial charge is 0.481 e. The lowest BCUT2D eigenvalue weighted by atomic mass is 9.81. The molecule has 0 bridgehead atoms. The number of carboxylic acid groups (broad SMARTS) is 1. The van der Waals surface area contributed by atoms with Gasteiger partial charge in [0, 0.05) is 19.0 Å². The number of nitrogens with zero attached hydrogens (tertiary/aromatic N) is 1. The third-order valence-electron chi connectivity index (χ3n) is 4.62. The van der Waals surface area contributed by atoms with Crippen LogP contribution in [-0.4, -0.2) is 59.4 Å². The van der Waals surface area contributed by atoms with Gasteiger partial charge in [0.15, 0.2) is 0 Å². The van der Waals surface area contributed by atoms with Gasteiger partial charge in [-0.2, -0.15) is 0 Å². The second-order valence-corrected chi connectivity index (χ2v) is 6.01. The Labute approximate surface area is 125 Å². The molecule has 1 aliphatic carbocycles. The van der Waals surface area contributed by atoms with E-state index < -0.39 is 5.97 Å². The van der Waals surface area contributed by atoms with Crippen LogP contribution in [0.2, 0.25) is 0 Å². The van der Waals surface area contributed by atoms with Crippen molar-refractivity contribution in [3.05, 3.63) is 0 Å². The Bertz CT molecular complexity index is 357. The Morgan fingerprint density at radius 2 is 1.57 bits per heavy atom. The van der Waals surface area contributed by atoms with Crippen LogP contribution < -0.4 is 0 Å². The molecule has 0 unspecified atom stereocenters. The molecule has 0 aromatic heterocycles. The summed E-state index contributed by atoms with van der Waals surface area (Å²) in [6, 6.07) is 0. The lowest BCUT2D eigenvalue weighted by molar-refractivity contribution is -0.146. The highest BCUT2D eigenvalue weighted by Crippen LogP contribution is 2.31. The van der Waals surface area contributed by atoms with Crippen LogP contribution in [0.25, 0.3) is 0 Å². The fourth-order valence-corrected chi connectivity index (χ4v) is 3.31. The Kier molecular flexibility index (Phi) is 5.99. The number of piperidine rings is 1. The smallest absolute Gasteiger partial charge is 0.306 e. The van der Waals surface area contributed by atoms with Gasteiger partial charge in [-0.05, 0) is 38.5 Å². The lowest BCUT2D eigenvalue weighted by Crippen LogP contribution is -2.44. The van der Waals surface area contributed by atoms with Gasteiger partial charge >= 0.3 is 5.97 Å². The molecule has 2 rings (SSSR count). The molecule has 21 heavy (non-hydrogen) atoms. The summed E-state index contributed by atoms with van der Waals surface area (Å²) in [5.74, 6) is -0.829. The van der Waals surface area contributed by atoms with Crippen LogP contribution in [0.3, 0.4) is 0 Å². The van der Waals surface area contributed by atoms with Gasteiger partial charge < -0.3 is 19.8 Å². The molecule has 2 N–H and O–H groups in total. The third kappa shape index (κ3) is 4.41. The average molecular weight is 299 g/mol. The number of aliphatic carboxylic acids is 1. The predicted octanol–water partition coefficient (Wildman–Crippen LogP) is 0.877. The highest BCUT2D eigenvalue weighted by Gasteiger charge is 2.33. The summed E-state index contributed by atoms with van der Waals surface area (Å²) in [6.45, 7) is 1.80. The van der Waals surface area contributed by atoms with E-state index in [2.05, 4.69) is 0 Å². The zero-order valence-corrected chi connectivity index (χ0v) is 12.4. The van der Waals surface area contributed by atoms with Gasteiger partial charge in [-0.25, -0.2) is 0 Å². The second kappa shape index (κ2) is 7.75. The molecule has 0 aromatic carbocycles. The monoisotopic (exact) mass is 299 g/mol. The summed E-state index contributed by atoms with van der Waals surface area (Å²) in [4.78, 5) is 25.3. The SMILES string of the molecule is O=C(O)C1CCC(C(=O)N2CCC(OCCO)CC2)CC1. The maximum atomic E-state index is 12.4. The van der Waals surface area contributed by atoms with Crippen molar-refractivity contribution in [1.82, 2.24) is 4.90 Å². The van der Waals surface area contributed by atoms with Crippen LogP contribution in [0, 0.1) is 11.8 Å². The molecule has 2 aliphatic rings.